The van der Waals surface area contributed by atoms with Gasteiger partial charge in [0.05, 0.1) is 0 Å². The highest BCUT2D eigenvalue weighted by atomic mass is 16.4. The van der Waals surface area contributed by atoms with E-state index in [1.807, 2.05) is 6.07 Å². The summed E-state index contributed by atoms with van der Waals surface area (Å²) >= 11 is 0. The Morgan fingerprint density at radius 3 is 2.46 bits per heavy atom. The standard InChI is InChI=1S/C10H11NO2/c1-2-9(11-13)10(12)8-6-4-3-5-7-8/h3-7,13H,2H2,1H3/b11-9-. The Bertz CT molecular complexity index is 317. The molecule has 68 valence electrons. The SMILES string of the molecule is CC/C(=N/O)C(=O)c1ccccc1. The van der Waals surface area contributed by atoms with Crippen LogP contribution in [-0.4, -0.2) is 16.7 Å². The molecule has 0 saturated carbocycles. The van der Waals surface area contributed by atoms with Crippen LogP contribution in [0.25, 0.3) is 0 Å². The fourth-order valence-electron chi connectivity index (χ4n) is 1.03. The molecule has 1 aromatic carbocycles. The van der Waals surface area contributed by atoms with Crippen molar-refractivity contribution in [2.75, 3.05) is 0 Å². The first kappa shape index (κ1) is 9.45. The van der Waals surface area contributed by atoms with Crippen LogP contribution in [0.5, 0.6) is 0 Å². The zero-order valence-electron chi connectivity index (χ0n) is 7.40. The van der Waals surface area contributed by atoms with Crippen LogP contribution in [0.2, 0.25) is 0 Å². The molecule has 3 nitrogen and oxygen atoms in total. The second kappa shape index (κ2) is 4.40. The van der Waals surface area contributed by atoms with Crippen molar-refractivity contribution in [2.45, 2.75) is 13.3 Å². The van der Waals surface area contributed by atoms with Gasteiger partial charge in [-0.15, -0.1) is 0 Å². The number of benzene rings is 1. The van der Waals surface area contributed by atoms with Crippen molar-refractivity contribution in [3.63, 3.8) is 0 Å². The lowest BCUT2D eigenvalue weighted by atomic mass is 10.1. The molecular weight excluding hydrogens is 166 g/mol. The number of ketones is 1. The van der Waals surface area contributed by atoms with Gasteiger partial charge in [-0.2, -0.15) is 0 Å². The minimum atomic E-state index is -0.217. The second-order valence-electron chi connectivity index (χ2n) is 2.60. The number of nitrogens with zero attached hydrogens (tertiary/aromatic N) is 1. The van der Waals surface area contributed by atoms with E-state index in [1.54, 1.807) is 31.2 Å². The van der Waals surface area contributed by atoms with Crippen molar-refractivity contribution in [3.8, 4) is 0 Å². The summed E-state index contributed by atoms with van der Waals surface area (Å²) < 4.78 is 0. The topological polar surface area (TPSA) is 49.7 Å². The normalized spacial score (nSPS) is 11.3. The van der Waals surface area contributed by atoms with Crippen molar-refractivity contribution < 1.29 is 10.0 Å². The molecule has 0 amide bonds. The highest BCUT2D eigenvalue weighted by Gasteiger charge is 2.11. The van der Waals surface area contributed by atoms with Crippen LogP contribution in [-0.2, 0) is 0 Å². The maximum Gasteiger partial charge on any atom is 0.210 e. The fourth-order valence-corrected chi connectivity index (χ4v) is 1.03. The highest BCUT2D eigenvalue weighted by molar-refractivity contribution is 6.45. The summed E-state index contributed by atoms with van der Waals surface area (Å²) in [5, 5.41) is 11.5. The smallest absolute Gasteiger partial charge is 0.210 e. The first-order valence-electron chi connectivity index (χ1n) is 4.10. The summed E-state index contributed by atoms with van der Waals surface area (Å²) in [7, 11) is 0. The third kappa shape index (κ3) is 2.15. The van der Waals surface area contributed by atoms with Crippen molar-refractivity contribution in [1.82, 2.24) is 0 Å². The van der Waals surface area contributed by atoms with Crippen LogP contribution in [0.3, 0.4) is 0 Å². The Balaban J connectivity index is 2.92. The molecule has 0 aliphatic heterocycles. The van der Waals surface area contributed by atoms with E-state index in [1.165, 1.54) is 0 Å². The van der Waals surface area contributed by atoms with Gasteiger partial charge in [0.2, 0.25) is 5.78 Å². The monoisotopic (exact) mass is 177 g/mol. The maximum atomic E-state index is 11.5. The van der Waals surface area contributed by atoms with Gasteiger partial charge >= 0.3 is 0 Å². The van der Waals surface area contributed by atoms with E-state index in [2.05, 4.69) is 5.16 Å². The molecule has 1 rings (SSSR count). The molecule has 0 heterocycles. The Kier molecular flexibility index (Phi) is 3.20. The van der Waals surface area contributed by atoms with E-state index in [4.69, 9.17) is 5.21 Å². The van der Waals surface area contributed by atoms with Crippen LogP contribution in [0.1, 0.15) is 23.7 Å². The van der Waals surface area contributed by atoms with Gasteiger partial charge in [0.15, 0.2) is 0 Å². The van der Waals surface area contributed by atoms with Crippen LogP contribution in [0.4, 0.5) is 0 Å². The molecule has 3 heteroatoms. The average molecular weight is 177 g/mol. The Morgan fingerprint density at radius 2 is 2.00 bits per heavy atom. The molecule has 0 fully saturated rings. The van der Waals surface area contributed by atoms with Gasteiger partial charge in [-0.25, -0.2) is 0 Å². The molecule has 0 unspecified atom stereocenters. The molecule has 1 aromatic rings. The molecule has 0 aliphatic rings. The molecule has 0 atom stereocenters. The summed E-state index contributed by atoms with van der Waals surface area (Å²) in [4.78, 5) is 11.5. The van der Waals surface area contributed by atoms with E-state index in [9.17, 15) is 4.79 Å². The largest absolute Gasteiger partial charge is 0.411 e. The summed E-state index contributed by atoms with van der Waals surface area (Å²) in [6.45, 7) is 1.77. The van der Waals surface area contributed by atoms with E-state index < -0.39 is 0 Å². The lowest BCUT2D eigenvalue weighted by Crippen LogP contribution is -2.12. The zero-order chi connectivity index (χ0) is 9.68. The summed E-state index contributed by atoms with van der Waals surface area (Å²) in [5.41, 5.74) is 0.739. The van der Waals surface area contributed by atoms with Crippen LogP contribution in [0, 0.1) is 0 Å². The fraction of sp³-hybridized carbons (Fsp3) is 0.200. The number of carbonyl (C=O) groups excluding carboxylic acids is 1. The van der Waals surface area contributed by atoms with Gasteiger partial charge in [-0.05, 0) is 6.42 Å². The number of carbonyl (C=O) groups is 1. The van der Waals surface area contributed by atoms with Gasteiger partial charge in [0.1, 0.15) is 5.71 Å². The van der Waals surface area contributed by atoms with Crippen LogP contribution in [0.15, 0.2) is 35.5 Å². The zero-order valence-corrected chi connectivity index (χ0v) is 7.40. The average Bonchev–Trinajstić information content (AvgIpc) is 2.21. The van der Waals surface area contributed by atoms with Crippen molar-refractivity contribution in [2.24, 2.45) is 5.16 Å². The second-order valence-corrected chi connectivity index (χ2v) is 2.60. The van der Waals surface area contributed by atoms with Crippen molar-refractivity contribution in [3.05, 3.63) is 35.9 Å². The van der Waals surface area contributed by atoms with Crippen LogP contribution < -0.4 is 0 Å². The van der Waals surface area contributed by atoms with E-state index >= 15 is 0 Å². The van der Waals surface area contributed by atoms with Crippen molar-refractivity contribution >= 4 is 11.5 Å². The molecule has 13 heavy (non-hydrogen) atoms. The van der Waals surface area contributed by atoms with Gasteiger partial charge in [0.25, 0.3) is 0 Å². The molecule has 1 N–H and O–H groups in total. The minimum absolute atomic E-state index is 0.186. The highest BCUT2D eigenvalue weighted by Crippen LogP contribution is 2.03. The van der Waals surface area contributed by atoms with E-state index in [0.29, 0.717) is 12.0 Å². The first-order valence-corrected chi connectivity index (χ1v) is 4.10. The third-order valence-corrected chi connectivity index (χ3v) is 1.75. The molecule has 0 bridgehead atoms. The Hall–Kier alpha value is -1.64. The predicted molar refractivity (Wildman–Crippen MR) is 50.3 cm³/mol. The summed E-state index contributed by atoms with van der Waals surface area (Å²) in [5.74, 6) is -0.217. The van der Waals surface area contributed by atoms with E-state index in [0.717, 1.165) is 0 Å². The third-order valence-electron chi connectivity index (χ3n) is 1.75. The van der Waals surface area contributed by atoms with E-state index in [-0.39, 0.29) is 11.5 Å². The molecule has 0 saturated heterocycles. The lowest BCUT2D eigenvalue weighted by molar-refractivity contribution is 0.106. The Morgan fingerprint density at radius 1 is 1.38 bits per heavy atom. The van der Waals surface area contributed by atoms with Gasteiger partial charge < -0.3 is 5.21 Å². The predicted octanol–water partition coefficient (Wildman–Crippen LogP) is 2.11. The molecule has 0 aliphatic carbocycles. The number of hydrogen-bond acceptors (Lipinski definition) is 3. The minimum Gasteiger partial charge on any atom is -0.411 e. The number of Topliss-reactive ketones (excluding diaryl/α,β-unsaturated/α-hetero) is 1. The number of rotatable bonds is 3. The van der Waals surface area contributed by atoms with Gasteiger partial charge in [-0.3, -0.25) is 4.79 Å². The molecule has 0 spiro atoms. The van der Waals surface area contributed by atoms with Crippen molar-refractivity contribution in [1.29, 1.82) is 0 Å². The molecule has 0 aromatic heterocycles. The lowest BCUT2D eigenvalue weighted by Gasteiger charge is -1.99. The summed E-state index contributed by atoms with van der Waals surface area (Å²) in [6.07, 6.45) is 0.435. The van der Waals surface area contributed by atoms with Gasteiger partial charge in [0, 0.05) is 5.56 Å². The molecular formula is C10H11NO2. The number of hydrogen-bond donors (Lipinski definition) is 1. The van der Waals surface area contributed by atoms with Crippen LogP contribution >= 0.6 is 0 Å². The maximum absolute atomic E-state index is 11.5. The summed E-state index contributed by atoms with van der Waals surface area (Å²) in [6, 6.07) is 8.78. The quantitative estimate of drug-likeness (QED) is 0.332. The Labute approximate surface area is 76.7 Å². The number of oxime groups is 1. The van der Waals surface area contributed by atoms with Gasteiger partial charge in [-0.1, -0.05) is 42.4 Å². The molecule has 0 radical (unpaired) electrons. The first-order chi connectivity index (χ1) is 6.29.